The van der Waals surface area contributed by atoms with Crippen LogP contribution in [0.15, 0.2) is 48.0 Å². The van der Waals surface area contributed by atoms with Crippen LogP contribution in [-0.4, -0.2) is 25.5 Å². The average Bonchev–Trinajstić information content (AvgIpc) is 2.95. The van der Waals surface area contributed by atoms with Crippen LogP contribution in [-0.2, 0) is 9.59 Å². The molecule has 7 nitrogen and oxygen atoms in total. The molecule has 1 N–H and O–H groups in total. The summed E-state index contributed by atoms with van der Waals surface area (Å²) in [4.78, 5) is 25.0. The molecule has 2 aromatic rings. The zero-order valence-corrected chi connectivity index (χ0v) is 15.0. The van der Waals surface area contributed by atoms with Crippen molar-refractivity contribution in [3.8, 4) is 17.6 Å². The molecule has 0 unspecified atom stereocenters. The Bertz CT molecular complexity index is 967. The third-order valence-corrected chi connectivity index (χ3v) is 3.97. The fraction of sp³-hybridized carbons (Fsp3) is 0.105. The molecule has 1 aliphatic heterocycles. The Hall–Kier alpha value is -3.50. The largest absolute Gasteiger partial charge is 0.493 e. The van der Waals surface area contributed by atoms with E-state index in [1.54, 1.807) is 30.3 Å². The van der Waals surface area contributed by atoms with E-state index >= 15 is 0 Å². The summed E-state index contributed by atoms with van der Waals surface area (Å²) in [6.07, 6.45) is 1.36. The lowest BCUT2D eigenvalue weighted by Crippen LogP contribution is -2.35. The maximum Gasteiger partial charge on any atom is 0.282 e. The highest BCUT2D eigenvalue weighted by Crippen LogP contribution is 2.36. The number of carbonyl (C=O) groups excluding carboxylic acids is 2. The van der Waals surface area contributed by atoms with E-state index < -0.39 is 11.8 Å². The second-order valence-electron chi connectivity index (χ2n) is 5.45. The minimum Gasteiger partial charge on any atom is -0.493 e. The lowest BCUT2D eigenvalue weighted by molar-refractivity contribution is -0.117. The van der Waals surface area contributed by atoms with Crippen LogP contribution in [0.2, 0.25) is 5.02 Å². The topological polar surface area (TPSA) is 91.7 Å². The van der Waals surface area contributed by atoms with E-state index in [0.29, 0.717) is 16.3 Å². The summed E-state index contributed by atoms with van der Waals surface area (Å²) in [7, 11) is 1.42. The number of rotatable bonds is 5. The van der Waals surface area contributed by atoms with E-state index in [1.165, 1.54) is 25.3 Å². The van der Waals surface area contributed by atoms with Crippen molar-refractivity contribution in [1.82, 2.24) is 5.43 Å². The fourth-order valence-corrected chi connectivity index (χ4v) is 2.79. The second kappa shape index (κ2) is 7.81. The van der Waals surface area contributed by atoms with Crippen LogP contribution in [0.4, 0.5) is 5.69 Å². The van der Waals surface area contributed by atoms with Crippen molar-refractivity contribution in [1.29, 1.82) is 5.26 Å². The van der Waals surface area contributed by atoms with Gasteiger partial charge in [-0.3, -0.25) is 15.0 Å². The Kier molecular flexibility index (Phi) is 5.29. The number of ether oxygens (including phenoxy) is 2. The zero-order chi connectivity index (χ0) is 19.4. The summed E-state index contributed by atoms with van der Waals surface area (Å²) in [6.45, 7) is -0.232. The fourth-order valence-electron chi connectivity index (χ4n) is 2.58. The molecule has 1 fully saturated rings. The number of benzene rings is 2. The van der Waals surface area contributed by atoms with Crippen LogP contribution in [0.1, 0.15) is 5.56 Å². The van der Waals surface area contributed by atoms with Crippen molar-refractivity contribution in [2.45, 2.75) is 0 Å². The predicted molar refractivity (Wildman–Crippen MR) is 99.2 cm³/mol. The van der Waals surface area contributed by atoms with Crippen LogP contribution < -0.4 is 19.9 Å². The zero-order valence-electron chi connectivity index (χ0n) is 14.2. The third-order valence-electron chi connectivity index (χ3n) is 3.76. The Morgan fingerprint density at radius 3 is 2.67 bits per heavy atom. The van der Waals surface area contributed by atoms with Gasteiger partial charge in [-0.15, -0.1) is 0 Å². The highest BCUT2D eigenvalue weighted by Gasteiger charge is 2.34. The quantitative estimate of drug-likeness (QED) is 0.633. The van der Waals surface area contributed by atoms with E-state index in [-0.39, 0.29) is 23.7 Å². The van der Waals surface area contributed by atoms with Gasteiger partial charge in [0.25, 0.3) is 11.8 Å². The number of amides is 2. The Morgan fingerprint density at radius 2 is 2.00 bits per heavy atom. The van der Waals surface area contributed by atoms with Crippen molar-refractivity contribution < 1.29 is 19.1 Å². The molecule has 27 heavy (non-hydrogen) atoms. The van der Waals surface area contributed by atoms with E-state index in [2.05, 4.69) is 5.43 Å². The molecule has 0 radical (unpaired) electrons. The summed E-state index contributed by atoms with van der Waals surface area (Å²) in [5.41, 5.74) is 3.30. The molecular formula is C19H14ClN3O4. The second-order valence-corrected chi connectivity index (χ2v) is 5.88. The summed E-state index contributed by atoms with van der Waals surface area (Å²) in [5.74, 6) is -0.574. The van der Waals surface area contributed by atoms with Gasteiger partial charge in [-0.2, -0.15) is 5.26 Å². The Labute approximate surface area is 160 Å². The van der Waals surface area contributed by atoms with Gasteiger partial charge >= 0.3 is 0 Å². The number of nitrogens with one attached hydrogen (secondary N) is 1. The lowest BCUT2D eigenvalue weighted by atomic mass is 10.1. The molecule has 0 aromatic heterocycles. The molecule has 1 aliphatic rings. The number of nitrogens with zero attached hydrogens (tertiary/aromatic N) is 2. The maximum absolute atomic E-state index is 12.7. The summed E-state index contributed by atoms with van der Waals surface area (Å²) in [6, 6.07) is 13.6. The molecular weight excluding hydrogens is 370 g/mol. The number of anilines is 1. The molecule has 1 heterocycles. The standard InChI is InChI=1S/C19H14ClN3O4/c1-26-16-11-13(20)9-12(17(16)27-8-7-21)10-15-18(24)22-23(19(15)25)14-5-3-2-4-6-14/h2-6,9-11H,8H2,1H3,(H,22,24)/b15-10+. The summed E-state index contributed by atoms with van der Waals surface area (Å²) >= 11 is 6.09. The van der Waals surface area contributed by atoms with Gasteiger partial charge in [-0.1, -0.05) is 29.8 Å². The predicted octanol–water partition coefficient (Wildman–Crippen LogP) is 2.71. The third kappa shape index (κ3) is 3.71. The van der Waals surface area contributed by atoms with Gasteiger partial charge in [0.1, 0.15) is 11.6 Å². The molecule has 136 valence electrons. The van der Waals surface area contributed by atoms with Gasteiger partial charge in [0, 0.05) is 16.7 Å². The first-order valence-electron chi connectivity index (χ1n) is 7.84. The van der Waals surface area contributed by atoms with Crippen LogP contribution >= 0.6 is 11.6 Å². The molecule has 0 spiro atoms. The minimum absolute atomic E-state index is 0.0926. The first-order chi connectivity index (χ1) is 13.0. The number of para-hydroxylation sites is 1. The molecule has 0 saturated carbocycles. The van der Waals surface area contributed by atoms with Crippen molar-refractivity contribution in [3.63, 3.8) is 0 Å². The van der Waals surface area contributed by atoms with Gasteiger partial charge in [-0.05, 0) is 24.3 Å². The molecule has 0 aliphatic carbocycles. The minimum atomic E-state index is -0.561. The van der Waals surface area contributed by atoms with Crippen molar-refractivity contribution in [2.75, 3.05) is 18.7 Å². The Morgan fingerprint density at radius 1 is 1.26 bits per heavy atom. The number of hydrazine groups is 1. The molecule has 1 saturated heterocycles. The molecule has 2 amide bonds. The molecule has 8 heteroatoms. The molecule has 0 bridgehead atoms. The first-order valence-corrected chi connectivity index (χ1v) is 8.22. The normalized spacial score (nSPS) is 14.9. The Balaban J connectivity index is 2.03. The van der Waals surface area contributed by atoms with Crippen molar-refractivity contribution >= 4 is 35.2 Å². The highest BCUT2D eigenvalue weighted by atomic mass is 35.5. The lowest BCUT2D eigenvalue weighted by Gasteiger charge is -2.14. The van der Waals surface area contributed by atoms with Gasteiger partial charge in [0.15, 0.2) is 18.1 Å². The number of halogens is 1. The molecule has 0 atom stereocenters. The molecule has 2 aromatic carbocycles. The maximum atomic E-state index is 12.7. The van der Waals surface area contributed by atoms with E-state index in [4.69, 9.17) is 26.3 Å². The van der Waals surface area contributed by atoms with Gasteiger partial charge in [-0.25, -0.2) is 5.01 Å². The smallest absolute Gasteiger partial charge is 0.282 e. The first kappa shape index (κ1) is 18.3. The van der Waals surface area contributed by atoms with Crippen LogP contribution in [0, 0.1) is 11.3 Å². The number of hydrogen-bond acceptors (Lipinski definition) is 5. The van der Waals surface area contributed by atoms with Crippen LogP contribution in [0.5, 0.6) is 11.5 Å². The number of nitriles is 1. The SMILES string of the molecule is COc1cc(Cl)cc(/C=C2\C(=O)NN(c3ccccc3)C2=O)c1OCC#N. The van der Waals surface area contributed by atoms with Crippen molar-refractivity contribution in [3.05, 3.63) is 58.6 Å². The number of methoxy groups -OCH3 is 1. The van der Waals surface area contributed by atoms with E-state index in [0.717, 1.165) is 5.01 Å². The highest BCUT2D eigenvalue weighted by molar-refractivity contribution is 6.32. The average molecular weight is 384 g/mol. The summed E-state index contributed by atoms with van der Waals surface area (Å²) < 4.78 is 10.6. The van der Waals surface area contributed by atoms with Gasteiger partial charge in [0.05, 0.1) is 12.8 Å². The summed E-state index contributed by atoms with van der Waals surface area (Å²) in [5, 5.41) is 10.3. The van der Waals surface area contributed by atoms with Crippen LogP contribution in [0.25, 0.3) is 6.08 Å². The van der Waals surface area contributed by atoms with E-state index in [1.807, 2.05) is 6.07 Å². The van der Waals surface area contributed by atoms with Crippen molar-refractivity contribution in [2.24, 2.45) is 0 Å². The van der Waals surface area contributed by atoms with Gasteiger partial charge < -0.3 is 9.47 Å². The monoisotopic (exact) mass is 383 g/mol. The number of hydrogen-bond donors (Lipinski definition) is 1. The van der Waals surface area contributed by atoms with Crippen LogP contribution in [0.3, 0.4) is 0 Å². The van der Waals surface area contributed by atoms with Gasteiger partial charge in [0.2, 0.25) is 0 Å². The number of carbonyl (C=O) groups is 2. The van der Waals surface area contributed by atoms with E-state index in [9.17, 15) is 9.59 Å². The molecule has 3 rings (SSSR count).